The Hall–Kier alpha value is -6.68. The van der Waals surface area contributed by atoms with Crippen LogP contribution in [0.25, 0.3) is 0 Å². The Balaban J connectivity index is 0.000000194. The third kappa shape index (κ3) is 10.7. The van der Waals surface area contributed by atoms with Gasteiger partial charge in [-0.15, -0.1) is 0 Å². The number of aromatic hydroxyl groups is 2. The highest BCUT2D eigenvalue weighted by Gasteiger charge is 2.13. The Morgan fingerprint density at radius 2 is 0.860 bits per heavy atom. The summed E-state index contributed by atoms with van der Waals surface area (Å²) in [5.74, 6) is 0.914. The van der Waals surface area contributed by atoms with Crippen molar-refractivity contribution in [2.45, 2.75) is 12.8 Å². The monoisotopic (exact) mass is 666 g/mol. The van der Waals surface area contributed by atoms with Crippen molar-refractivity contribution in [1.82, 2.24) is 9.97 Å². The van der Waals surface area contributed by atoms with Gasteiger partial charge in [-0.05, 0) is 96.8 Å². The van der Waals surface area contributed by atoms with E-state index < -0.39 is 0 Å². The number of aromatic nitrogens is 2. The van der Waals surface area contributed by atoms with Gasteiger partial charge in [-0.3, -0.25) is 9.59 Å². The maximum Gasteiger partial charge on any atom is 0.259 e. The van der Waals surface area contributed by atoms with E-state index >= 15 is 0 Å². The van der Waals surface area contributed by atoms with Crippen LogP contribution in [0.15, 0.2) is 146 Å². The molecule has 0 atom stereocenters. The molecule has 6 rings (SSSR count). The predicted octanol–water partition coefficient (Wildman–Crippen LogP) is 7.39. The first-order valence-electron chi connectivity index (χ1n) is 16.1. The summed E-state index contributed by atoms with van der Waals surface area (Å²) in [6.07, 6.45) is 5.00. The first-order valence-corrected chi connectivity index (χ1v) is 16.1. The highest BCUT2D eigenvalue weighted by atomic mass is 16.3. The fraction of sp³-hybridized carbons (Fsp3) is 0.100. The van der Waals surface area contributed by atoms with E-state index in [-0.39, 0.29) is 23.3 Å². The second-order valence-corrected chi connectivity index (χ2v) is 11.1. The lowest BCUT2D eigenvalue weighted by Crippen LogP contribution is -2.16. The maximum atomic E-state index is 12.5. The van der Waals surface area contributed by atoms with E-state index in [2.05, 4.69) is 55.5 Å². The summed E-state index contributed by atoms with van der Waals surface area (Å²) in [6.45, 7) is 1.36. The first-order chi connectivity index (χ1) is 24.4. The molecule has 6 aromatic rings. The summed E-state index contributed by atoms with van der Waals surface area (Å²) >= 11 is 0. The number of hydrogen-bond acceptors (Lipinski definition) is 8. The Kier molecular flexibility index (Phi) is 12.5. The average Bonchev–Trinajstić information content (AvgIpc) is 3.15. The van der Waals surface area contributed by atoms with Crippen LogP contribution in [0.2, 0.25) is 0 Å². The van der Waals surface area contributed by atoms with Crippen molar-refractivity contribution in [1.29, 1.82) is 0 Å². The molecular weight excluding hydrogens is 628 g/mol. The fourth-order valence-corrected chi connectivity index (χ4v) is 4.89. The van der Waals surface area contributed by atoms with Crippen LogP contribution in [-0.4, -0.2) is 45.1 Å². The minimum Gasteiger partial charge on any atom is -0.508 e. The number of pyridine rings is 2. The van der Waals surface area contributed by atoms with E-state index in [0.29, 0.717) is 47.2 Å². The van der Waals surface area contributed by atoms with Crippen molar-refractivity contribution in [3.63, 3.8) is 0 Å². The van der Waals surface area contributed by atoms with Crippen LogP contribution >= 0.6 is 0 Å². The van der Waals surface area contributed by atoms with Crippen LogP contribution in [-0.2, 0) is 12.8 Å². The van der Waals surface area contributed by atoms with E-state index in [1.807, 2.05) is 36.4 Å². The molecule has 50 heavy (non-hydrogen) atoms. The van der Waals surface area contributed by atoms with Crippen molar-refractivity contribution in [3.8, 4) is 11.5 Å². The molecule has 0 aliphatic heterocycles. The number of anilines is 4. The van der Waals surface area contributed by atoms with Crippen LogP contribution in [0.3, 0.4) is 0 Å². The standard InChI is InChI=1S/2C20H19N3O2/c2*24-17-10-8-16(9-11-17)23-20(25)18-7-4-13-21-19(18)22-14-12-15-5-2-1-3-6-15/h2*1-11,13,24H,12,14H2,(H,21,22)(H,23,25). The molecule has 0 unspecified atom stereocenters. The van der Waals surface area contributed by atoms with E-state index in [4.69, 9.17) is 0 Å². The minimum absolute atomic E-state index is 0.155. The molecule has 0 aliphatic carbocycles. The third-order valence-corrected chi connectivity index (χ3v) is 7.45. The predicted molar refractivity (Wildman–Crippen MR) is 198 cm³/mol. The van der Waals surface area contributed by atoms with Crippen LogP contribution in [0.1, 0.15) is 31.8 Å². The summed E-state index contributed by atoms with van der Waals surface area (Å²) in [6, 6.07) is 39.9. The second kappa shape index (κ2) is 18.0. The van der Waals surface area contributed by atoms with Crippen molar-refractivity contribution in [3.05, 3.63) is 168 Å². The topological polar surface area (TPSA) is 148 Å². The molecule has 0 radical (unpaired) electrons. The van der Waals surface area contributed by atoms with Gasteiger partial charge in [0.2, 0.25) is 0 Å². The van der Waals surface area contributed by atoms with Crippen molar-refractivity contribution >= 4 is 34.8 Å². The van der Waals surface area contributed by atoms with Gasteiger partial charge in [-0.2, -0.15) is 0 Å². The quantitative estimate of drug-likeness (QED) is 0.0741. The van der Waals surface area contributed by atoms with Crippen molar-refractivity contribution < 1.29 is 19.8 Å². The number of phenols is 2. The highest BCUT2D eigenvalue weighted by molar-refractivity contribution is 6.08. The molecule has 4 aromatic carbocycles. The smallest absolute Gasteiger partial charge is 0.259 e. The van der Waals surface area contributed by atoms with Crippen LogP contribution in [0.5, 0.6) is 11.5 Å². The van der Waals surface area contributed by atoms with Crippen LogP contribution < -0.4 is 21.3 Å². The number of carbonyl (C=O) groups excluding carboxylic acids is 2. The number of amides is 2. The lowest BCUT2D eigenvalue weighted by atomic mass is 10.1. The molecule has 0 fully saturated rings. The zero-order valence-corrected chi connectivity index (χ0v) is 27.3. The minimum atomic E-state index is -0.249. The molecule has 0 saturated heterocycles. The Labute approximate surface area is 290 Å². The molecular formula is C40H38N6O4. The zero-order valence-electron chi connectivity index (χ0n) is 27.3. The molecule has 2 heterocycles. The van der Waals surface area contributed by atoms with Gasteiger partial charge in [-0.25, -0.2) is 9.97 Å². The number of nitrogens with zero attached hydrogens (tertiary/aromatic N) is 2. The van der Waals surface area contributed by atoms with Gasteiger partial charge < -0.3 is 31.5 Å². The molecule has 0 saturated carbocycles. The molecule has 6 N–H and O–H groups in total. The summed E-state index contributed by atoms with van der Waals surface area (Å²) in [5.41, 5.74) is 4.62. The van der Waals surface area contributed by atoms with E-state index in [1.54, 1.807) is 60.9 Å². The van der Waals surface area contributed by atoms with Crippen molar-refractivity contribution in [2.75, 3.05) is 34.4 Å². The van der Waals surface area contributed by atoms with Gasteiger partial charge >= 0.3 is 0 Å². The summed E-state index contributed by atoms with van der Waals surface area (Å²) < 4.78 is 0. The number of hydrogen-bond donors (Lipinski definition) is 6. The summed E-state index contributed by atoms with van der Waals surface area (Å²) in [4.78, 5) is 33.5. The number of rotatable bonds is 12. The van der Waals surface area contributed by atoms with Gasteiger partial charge in [0.05, 0.1) is 11.1 Å². The van der Waals surface area contributed by atoms with E-state index in [9.17, 15) is 19.8 Å². The van der Waals surface area contributed by atoms with Gasteiger partial charge in [0.25, 0.3) is 11.8 Å². The number of carbonyl (C=O) groups is 2. The zero-order chi connectivity index (χ0) is 35.0. The van der Waals surface area contributed by atoms with Gasteiger partial charge in [-0.1, -0.05) is 60.7 Å². The van der Waals surface area contributed by atoms with Gasteiger partial charge in [0.1, 0.15) is 23.1 Å². The molecule has 10 heteroatoms. The lowest BCUT2D eigenvalue weighted by molar-refractivity contribution is 0.101. The Morgan fingerprint density at radius 1 is 0.480 bits per heavy atom. The SMILES string of the molecule is O=C(Nc1ccc(O)cc1)c1cccnc1NCCc1ccccc1.O=C(Nc1ccc(O)cc1)c1cccnc1NCCc1ccccc1. The molecule has 10 nitrogen and oxygen atoms in total. The normalized spacial score (nSPS) is 10.2. The van der Waals surface area contributed by atoms with Crippen LogP contribution in [0, 0.1) is 0 Å². The van der Waals surface area contributed by atoms with Gasteiger partial charge in [0.15, 0.2) is 0 Å². The Bertz CT molecular complexity index is 1810. The highest BCUT2D eigenvalue weighted by Crippen LogP contribution is 2.19. The van der Waals surface area contributed by atoms with Crippen LogP contribution in [0.4, 0.5) is 23.0 Å². The first kappa shape index (κ1) is 34.6. The molecule has 252 valence electrons. The molecule has 2 amide bonds. The molecule has 0 spiro atoms. The summed E-state index contributed by atoms with van der Waals surface area (Å²) in [5, 5.41) is 30.7. The molecule has 0 aliphatic rings. The molecule has 2 aromatic heterocycles. The number of nitrogens with one attached hydrogen (secondary N) is 4. The van der Waals surface area contributed by atoms with E-state index in [1.165, 1.54) is 35.4 Å². The van der Waals surface area contributed by atoms with Crippen molar-refractivity contribution in [2.24, 2.45) is 0 Å². The largest absolute Gasteiger partial charge is 0.508 e. The fourth-order valence-electron chi connectivity index (χ4n) is 4.89. The van der Waals surface area contributed by atoms with E-state index in [0.717, 1.165) is 12.8 Å². The maximum absolute atomic E-state index is 12.5. The number of phenolic OH excluding ortho intramolecular Hbond substituents is 2. The number of benzene rings is 4. The summed E-state index contributed by atoms with van der Waals surface area (Å²) in [7, 11) is 0. The Morgan fingerprint density at radius 3 is 1.24 bits per heavy atom. The lowest BCUT2D eigenvalue weighted by Gasteiger charge is -2.11. The third-order valence-electron chi connectivity index (χ3n) is 7.45. The average molecular weight is 667 g/mol. The second-order valence-electron chi connectivity index (χ2n) is 11.1. The molecule has 0 bridgehead atoms. The van der Waals surface area contributed by atoms with Gasteiger partial charge in [0, 0.05) is 36.9 Å².